The molecule has 2 unspecified atom stereocenters. The average molecular weight is 222 g/mol. The van der Waals surface area contributed by atoms with Crippen LogP contribution in [0.1, 0.15) is 45.4 Å². The van der Waals surface area contributed by atoms with E-state index in [1.807, 2.05) is 0 Å². The molecular formula is C12H18N2O2. The summed E-state index contributed by atoms with van der Waals surface area (Å²) in [6, 6.07) is 2.34. The molecule has 0 spiro atoms. The lowest BCUT2D eigenvalue weighted by Crippen LogP contribution is -2.10. The second-order valence-corrected chi connectivity index (χ2v) is 4.29. The van der Waals surface area contributed by atoms with Gasteiger partial charge in [-0.15, -0.1) is 0 Å². The van der Waals surface area contributed by atoms with Crippen molar-refractivity contribution in [1.82, 2.24) is 0 Å². The van der Waals surface area contributed by atoms with Crippen LogP contribution in [0.15, 0.2) is 5.16 Å². The lowest BCUT2D eigenvalue weighted by molar-refractivity contribution is -0.140. The Balaban J connectivity index is 2.38. The van der Waals surface area contributed by atoms with Crippen LogP contribution in [0.3, 0.4) is 0 Å². The highest BCUT2D eigenvalue weighted by molar-refractivity contribution is 5.67. The van der Waals surface area contributed by atoms with E-state index in [1.54, 1.807) is 6.21 Å². The number of hydrogen-bond donors (Lipinski definition) is 0. The fourth-order valence-corrected chi connectivity index (χ4v) is 1.97. The number of carbonyl (C=O) groups is 1. The van der Waals surface area contributed by atoms with E-state index in [9.17, 15) is 4.79 Å². The molecule has 1 rings (SSSR count). The number of rotatable bonds is 2. The molecule has 0 bridgehead atoms. The average Bonchev–Trinajstić information content (AvgIpc) is 2.21. The molecule has 0 aliphatic heterocycles. The van der Waals surface area contributed by atoms with Crippen LogP contribution in [0.25, 0.3) is 0 Å². The zero-order valence-corrected chi connectivity index (χ0v) is 9.69. The highest BCUT2D eigenvalue weighted by Gasteiger charge is 2.15. The third kappa shape index (κ3) is 4.92. The van der Waals surface area contributed by atoms with Gasteiger partial charge in [0.25, 0.3) is 0 Å². The summed E-state index contributed by atoms with van der Waals surface area (Å²) in [6.45, 7) is 1.33. The van der Waals surface area contributed by atoms with E-state index in [2.05, 4.69) is 16.1 Å². The predicted molar refractivity (Wildman–Crippen MR) is 60.6 cm³/mol. The Labute approximate surface area is 96.3 Å². The molecule has 0 aromatic heterocycles. The molecule has 0 saturated heterocycles. The number of oxime groups is 1. The minimum absolute atomic E-state index is 0.185. The van der Waals surface area contributed by atoms with Crippen LogP contribution in [0.5, 0.6) is 0 Å². The van der Waals surface area contributed by atoms with Gasteiger partial charge in [-0.25, -0.2) is 4.79 Å². The number of carbonyl (C=O) groups excluding carboxylic acids is 1. The summed E-state index contributed by atoms with van der Waals surface area (Å²) in [5.74, 6) is 0.137. The van der Waals surface area contributed by atoms with E-state index >= 15 is 0 Å². The first-order valence-corrected chi connectivity index (χ1v) is 5.83. The van der Waals surface area contributed by atoms with Gasteiger partial charge in [-0.3, -0.25) is 0 Å². The van der Waals surface area contributed by atoms with Crippen molar-refractivity contribution >= 4 is 12.2 Å². The van der Waals surface area contributed by atoms with Crippen molar-refractivity contribution in [2.24, 2.45) is 17.0 Å². The van der Waals surface area contributed by atoms with Gasteiger partial charge in [0.2, 0.25) is 0 Å². The summed E-state index contributed by atoms with van der Waals surface area (Å²) < 4.78 is 0. The third-order valence-electron chi connectivity index (χ3n) is 2.90. The van der Waals surface area contributed by atoms with Crippen molar-refractivity contribution in [3.8, 4) is 6.07 Å². The molecule has 0 amide bonds. The van der Waals surface area contributed by atoms with Gasteiger partial charge in [-0.1, -0.05) is 18.0 Å². The van der Waals surface area contributed by atoms with Gasteiger partial charge in [0, 0.05) is 19.1 Å². The molecule has 0 N–H and O–H groups in total. The largest absolute Gasteiger partial charge is 0.331 e. The van der Waals surface area contributed by atoms with Crippen LogP contribution in [0.4, 0.5) is 0 Å². The maximum absolute atomic E-state index is 10.5. The molecule has 4 nitrogen and oxygen atoms in total. The molecule has 1 aliphatic rings. The monoisotopic (exact) mass is 222 g/mol. The van der Waals surface area contributed by atoms with Crippen LogP contribution < -0.4 is 0 Å². The van der Waals surface area contributed by atoms with Gasteiger partial charge < -0.3 is 4.84 Å². The summed E-state index contributed by atoms with van der Waals surface area (Å²) >= 11 is 0. The number of nitriles is 1. The maximum atomic E-state index is 10.5. The number of hydrogen-bond acceptors (Lipinski definition) is 4. The van der Waals surface area contributed by atoms with E-state index in [0.29, 0.717) is 5.92 Å². The van der Waals surface area contributed by atoms with E-state index < -0.39 is 5.97 Å². The van der Waals surface area contributed by atoms with E-state index in [-0.39, 0.29) is 5.92 Å². The Morgan fingerprint density at radius 1 is 1.38 bits per heavy atom. The summed E-state index contributed by atoms with van der Waals surface area (Å²) in [4.78, 5) is 15.1. The van der Waals surface area contributed by atoms with Gasteiger partial charge in [0.15, 0.2) is 0 Å². The van der Waals surface area contributed by atoms with Crippen LogP contribution >= 0.6 is 0 Å². The van der Waals surface area contributed by atoms with Crippen molar-refractivity contribution in [3.63, 3.8) is 0 Å². The second-order valence-electron chi connectivity index (χ2n) is 4.29. The van der Waals surface area contributed by atoms with Crippen molar-refractivity contribution in [3.05, 3.63) is 0 Å². The number of nitrogens with zero attached hydrogens (tertiary/aromatic N) is 2. The van der Waals surface area contributed by atoms with Gasteiger partial charge >= 0.3 is 5.97 Å². The Kier molecular flexibility index (Phi) is 5.55. The van der Waals surface area contributed by atoms with Gasteiger partial charge in [-0.05, 0) is 31.6 Å². The molecule has 0 aromatic rings. The topological polar surface area (TPSA) is 62.4 Å². The van der Waals surface area contributed by atoms with Crippen molar-refractivity contribution in [1.29, 1.82) is 5.26 Å². The van der Waals surface area contributed by atoms with Gasteiger partial charge in [0.05, 0.1) is 6.07 Å². The van der Waals surface area contributed by atoms with Gasteiger partial charge in [0.1, 0.15) is 0 Å². The zero-order valence-electron chi connectivity index (χ0n) is 9.69. The maximum Gasteiger partial charge on any atom is 0.331 e. The standard InChI is InChI=1S/C12H18N2O2/c1-10(15)16-14-9-12-5-3-2-4-11(8-13)6-7-12/h9,11-12H,2-7H2,1H3. The first-order chi connectivity index (χ1) is 7.72. The van der Waals surface area contributed by atoms with Crippen LogP contribution in [-0.4, -0.2) is 12.2 Å². The first-order valence-electron chi connectivity index (χ1n) is 5.83. The summed E-state index contributed by atoms with van der Waals surface area (Å²) in [6.07, 6.45) is 7.91. The molecule has 4 heteroatoms. The van der Waals surface area contributed by atoms with Crippen LogP contribution in [0, 0.1) is 23.2 Å². The van der Waals surface area contributed by atoms with Crippen molar-refractivity contribution < 1.29 is 9.63 Å². The highest BCUT2D eigenvalue weighted by Crippen LogP contribution is 2.24. The highest BCUT2D eigenvalue weighted by atomic mass is 16.7. The van der Waals surface area contributed by atoms with E-state index in [4.69, 9.17) is 5.26 Å². The molecule has 1 fully saturated rings. The van der Waals surface area contributed by atoms with Crippen LogP contribution in [-0.2, 0) is 9.63 Å². The molecular weight excluding hydrogens is 204 g/mol. The normalized spacial score (nSPS) is 26.8. The van der Waals surface area contributed by atoms with E-state index in [1.165, 1.54) is 6.92 Å². The van der Waals surface area contributed by atoms with E-state index in [0.717, 1.165) is 38.5 Å². The lowest BCUT2D eigenvalue weighted by atomic mass is 9.87. The molecule has 16 heavy (non-hydrogen) atoms. The molecule has 2 atom stereocenters. The Hall–Kier alpha value is -1.37. The van der Waals surface area contributed by atoms with Crippen LogP contribution in [0.2, 0.25) is 0 Å². The third-order valence-corrected chi connectivity index (χ3v) is 2.90. The fourth-order valence-electron chi connectivity index (χ4n) is 1.97. The Morgan fingerprint density at radius 3 is 2.81 bits per heavy atom. The smallest absolute Gasteiger partial charge is 0.319 e. The quantitative estimate of drug-likeness (QED) is 0.410. The minimum Gasteiger partial charge on any atom is -0.319 e. The molecule has 1 saturated carbocycles. The zero-order chi connectivity index (χ0) is 11.8. The second kappa shape index (κ2) is 7.00. The molecule has 0 heterocycles. The first kappa shape index (κ1) is 12.7. The van der Waals surface area contributed by atoms with Gasteiger partial charge in [-0.2, -0.15) is 5.26 Å². The Bertz CT molecular complexity index is 294. The molecule has 1 aliphatic carbocycles. The lowest BCUT2D eigenvalue weighted by Gasteiger charge is -2.18. The van der Waals surface area contributed by atoms with Crippen molar-refractivity contribution in [2.45, 2.75) is 45.4 Å². The van der Waals surface area contributed by atoms with Crippen molar-refractivity contribution in [2.75, 3.05) is 0 Å². The molecule has 0 radical (unpaired) electrons. The fraction of sp³-hybridized carbons (Fsp3) is 0.750. The molecule has 88 valence electrons. The summed E-state index contributed by atoms with van der Waals surface area (Å²) in [7, 11) is 0. The summed E-state index contributed by atoms with van der Waals surface area (Å²) in [5.41, 5.74) is 0. The minimum atomic E-state index is -0.392. The predicted octanol–water partition coefficient (Wildman–Crippen LogP) is 2.65. The molecule has 0 aromatic carbocycles. The Morgan fingerprint density at radius 2 is 2.12 bits per heavy atom. The SMILES string of the molecule is CC(=O)ON=CC1CCCCC(C#N)CC1. The summed E-state index contributed by atoms with van der Waals surface area (Å²) in [5, 5.41) is 12.6.